The largest absolute Gasteiger partial charge is 0.397 e. The van der Waals surface area contributed by atoms with Crippen LogP contribution in [0.4, 0.5) is 5.69 Å². The second kappa shape index (κ2) is 5.27. The second-order valence-corrected chi connectivity index (χ2v) is 6.54. The molecule has 3 rings (SSSR count). The quantitative estimate of drug-likeness (QED) is 0.878. The van der Waals surface area contributed by atoms with Gasteiger partial charge in [-0.05, 0) is 26.8 Å². The van der Waals surface area contributed by atoms with Crippen LogP contribution in [0.2, 0.25) is 0 Å². The molecule has 6 heteroatoms. The summed E-state index contributed by atoms with van der Waals surface area (Å²) < 4.78 is 6.42. The Morgan fingerprint density at radius 2 is 2.29 bits per heavy atom. The van der Waals surface area contributed by atoms with Crippen molar-refractivity contribution in [3.63, 3.8) is 0 Å². The van der Waals surface area contributed by atoms with Crippen molar-refractivity contribution in [2.75, 3.05) is 25.5 Å². The first-order valence-electron chi connectivity index (χ1n) is 7.04. The summed E-state index contributed by atoms with van der Waals surface area (Å²) in [6, 6.07) is 2.07. The zero-order chi connectivity index (χ0) is 15.1. The average molecular weight is 305 g/mol. The predicted molar refractivity (Wildman–Crippen MR) is 84.8 cm³/mol. The van der Waals surface area contributed by atoms with Gasteiger partial charge in [-0.3, -0.25) is 9.78 Å². The van der Waals surface area contributed by atoms with Crippen molar-refractivity contribution in [1.82, 2.24) is 9.88 Å². The number of fused-ring (bicyclic) bond motifs is 1. The molecule has 0 aromatic carbocycles. The molecule has 1 unspecified atom stereocenters. The number of carbonyl (C=O) groups is 1. The topological polar surface area (TPSA) is 68.5 Å². The number of hydrogen-bond acceptors (Lipinski definition) is 5. The number of nitrogen functional groups attached to an aromatic ring is 1. The molecule has 0 spiro atoms. The molecule has 0 aliphatic carbocycles. The van der Waals surface area contributed by atoms with Crippen LogP contribution in [0.3, 0.4) is 0 Å². The van der Waals surface area contributed by atoms with E-state index in [-0.39, 0.29) is 11.9 Å². The lowest BCUT2D eigenvalue weighted by Gasteiger charge is -2.33. The number of nitrogens with zero attached hydrogens (tertiary/aromatic N) is 2. The highest BCUT2D eigenvalue weighted by Crippen LogP contribution is 2.36. The number of nitrogens with two attached hydrogens (primary N) is 1. The van der Waals surface area contributed by atoms with Crippen molar-refractivity contribution >= 4 is 33.0 Å². The van der Waals surface area contributed by atoms with E-state index in [2.05, 4.69) is 4.98 Å². The Bertz CT molecular complexity index is 710. The van der Waals surface area contributed by atoms with E-state index in [0.717, 1.165) is 21.5 Å². The molecule has 112 valence electrons. The zero-order valence-electron chi connectivity index (χ0n) is 12.5. The molecule has 2 aromatic heterocycles. The third kappa shape index (κ3) is 2.38. The minimum absolute atomic E-state index is 0.00144. The third-order valence-corrected chi connectivity index (χ3v) is 4.98. The van der Waals surface area contributed by atoms with E-state index in [1.165, 1.54) is 11.3 Å². The van der Waals surface area contributed by atoms with Gasteiger partial charge >= 0.3 is 0 Å². The molecule has 2 aromatic rings. The molecular formula is C15H19N3O2S. The molecule has 3 heterocycles. The first kappa shape index (κ1) is 14.3. The van der Waals surface area contributed by atoms with Gasteiger partial charge in [0.05, 0.1) is 24.9 Å². The molecule has 2 N–H and O–H groups in total. The lowest BCUT2D eigenvalue weighted by atomic mass is 10.1. The van der Waals surface area contributed by atoms with E-state index in [4.69, 9.17) is 10.5 Å². The molecule has 1 amide bonds. The van der Waals surface area contributed by atoms with E-state index < -0.39 is 0 Å². The maximum Gasteiger partial charge on any atom is 0.266 e. The Morgan fingerprint density at radius 1 is 1.52 bits per heavy atom. The van der Waals surface area contributed by atoms with Crippen LogP contribution in [0, 0.1) is 13.8 Å². The Kier molecular flexibility index (Phi) is 3.59. The van der Waals surface area contributed by atoms with Crippen molar-refractivity contribution in [2.24, 2.45) is 0 Å². The Balaban J connectivity index is 2.06. The number of pyridine rings is 1. The van der Waals surface area contributed by atoms with Crippen LogP contribution in [-0.2, 0) is 4.74 Å². The third-order valence-electron chi connectivity index (χ3n) is 3.84. The first-order valence-corrected chi connectivity index (χ1v) is 7.85. The Hall–Kier alpha value is -1.66. The van der Waals surface area contributed by atoms with Crippen LogP contribution in [0.5, 0.6) is 0 Å². The molecule has 1 saturated heterocycles. The van der Waals surface area contributed by atoms with Crippen LogP contribution < -0.4 is 5.73 Å². The van der Waals surface area contributed by atoms with Gasteiger partial charge < -0.3 is 15.4 Å². The van der Waals surface area contributed by atoms with Gasteiger partial charge in [0.25, 0.3) is 5.91 Å². The van der Waals surface area contributed by atoms with Gasteiger partial charge in [-0.15, -0.1) is 11.3 Å². The number of aromatic nitrogens is 1. The number of aryl methyl sites for hydroxylation is 2. The van der Waals surface area contributed by atoms with E-state index in [9.17, 15) is 4.79 Å². The van der Waals surface area contributed by atoms with Gasteiger partial charge in [0.15, 0.2) is 0 Å². The minimum atomic E-state index is 0.00144. The number of hydrogen-bond donors (Lipinski definition) is 1. The molecule has 21 heavy (non-hydrogen) atoms. The standard InChI is InChI=1S/C15H19N3O2S/c1-8-6-11-12(10(3)17-8)13(16)14(21-11)15(19)18-4-5-20-7-9(18)2/h6,9H,4-5,7,16H2,1-3H3. The summed E-state index contributed by atoms with van der Waals surface area (Å²) in [6.07, 6.45) is 0. The maximum absolute atomic E-state index is 12.8. The van der Waals surface area contributed by atoms with Crippen molar-refractivity contribution in [1.29, 1.82) is 0 Å². The highest BCUT2D eigenvalue weighted by atomic mass is 32.1. The molecule has 5 nitrogen and oxygen atoms in total. The Labute approximate surface area is 127 Å². The van der Waals surface area contributed by atoms with E-state index in [1.54, 1.807) is 0 Å². The molecule has 1 aliphatic rings. The number of carbonyl (C=O) groups excluding carboxylic acids is 1. The highest BCUT2D eigenvalue weighted by molar-refractivity contribution is 7.21. The zero-order valence-corrected chi connectivity index (χ0v) is 13.3. The molecule has 0 saturated carbocycles. The van der Waals surface area contributed by atoms with Gasteiger partial charge in [0, 0.05) is 28.0 Å². The van der Waals surface area contributed by atoms with Crippen molar-refractivity contribution in [3.05, 3.63) is 22.3 Å². The minimum Gasteiger partial charge on any atom is -0.397 e. The number of thiophene rings is 1. The van der Waals surface area contributed by atoms with Crippen LogP contribution in [0.1, 0.15) is 28.0 Å². The number of anilines is 1. The van der Waals surface area contributed by atoms with Crippen LogP contribution in [0.25, 0.3) is 10.1 Å². The summed E-state index contributed by atoms with van der Waals surface area (Å²) in [5.41, 5.74) is 8.62. The van der Waals surface area contributed by atoms with Crippen molar-refractivity contribution in [2.45, 2.75) is 26.8 Å². The van der Waals surface area contributed by atoms with Gasteiger partial charge in [0.2, 0.25) is 0 Å². The summed E-state index contributed by atoms with van der Waals surface area (Å²) in [5.74, 6) is 0.00144. The smallest absolute Gasteiger partial charge is 0.266 e. The van der Waals surface area contributed by atoms with E-state index >= 15 is 0 Å². The van der Waals surface area contributed by atoms with E-state index in [0.29, 0.717) is 30.3 Å². The number of amides is 1. The first-order chi connectivity index (χ1) is 9.99. The summed E-state index contributed by atoms with van der Waals surface area (Å²) in [7, 11) is 0. The fraction of sp³-hybridized carbons (Fsp3) is 0.467. The average Bonchev–Trinajstić information content (AvgIpc) is 2.75. The number of ether oxygens (including phenoxy) is 1. The van der Waals surface area contributed by atoms with Crippen molar-refractivity contribution < 1.29 is 9.53 Å². The van der Waals surface area contributed by atoms with Gasteiger partial charge in [-0.1, -0.05) is 0 Å². The Morgan fingerprint density at radius 3 is 3.00 bits per heavy atom. The number of rotatable bonds is 1. The fourth-order valence-corrected chi connectivity index (χ4v) is 4.02. The fourth-order valence-electron chi connectivity index (χ4n) is 2.80. The SMILES string of the molecule is Cc1cc2sc(C(=O)N3CCOCC3C)c(N)c2c(C)n1. The maximum atomic E-state index is 12.8. The molecule has 1 fully saturated rings. The molecular weight excluding hydrogens is 286 g/mol. The van der Waals surface area contributed by atoms with Crippen molar-refractivity contribution in [3.8, 4) is 0 Å². The monoisotopic (exact) mass is 305 g/mol. The van der Waals surface area contributed by atoms with Gasteiger partial charge in [-0.25, -0.2) is 0 Å². The summed E-state index contributed by atoms with van der Waals surface area (Å²) >= 11 is 1.46. The summed E-state index contributed by atoms with van der Waals surface area (Å²) in [5, 5.41) is 0.912. The summed E-state index contributed by atoms with van der Waals surface area (Å²) in [4.78, 5) is 19.7. The lowest BCUT2D eigenvalue weighted by Crippen LogP contribution is -2.47. The normalized spacial score (nSPS) is 19.2. The van der Waals surface area contributed by atoms with E-state index in [1.807, 2.05) is 31.7 Å². The van der Waals surface area contributed by atoms with Gasteiger partial charge in [0.1, 0.15) is 4.88 Å². The predicted octanol–water partition coefficient (Wildman–Crippen LogP) is 2.36. The van der Waals surface area contributed by atoms with Crippen LogP contribution >= 0.6 is 11.3 Å². The number of morpholine rings is 1. The van der Waals surface area contributed by atoms with Crippen LogP contribution in [0.15, 0.2) is 6.07 Å². The second-order valence-electron chi connectivity index (χ2n) is 5.49. The molecule has 0 bridgehead atoms. The molecule has 1 aliphatic heterocycles. The molecule has 0 radical (unpaired) electrons. The summed E-state index contributed by atoms with van der Waals surface area (Å²) in [6.45, 7) is 7.66. The van der Waals surface area contributed by atoms with Gasteiger partial charge in [-0.2, -0.15) is 0 Å². The molecule has 1 atom stereocenters. The van der Waals surface area contributed by atoms with Crippen LogP contribution in [-0.4, -0.2) is 41.6 Å². The highest BCUT2D eigenvalue weighted by Gasteiger charge is 2.28. The lowest BCUT2D eigenvalue weighted by molar-refractivity contribution is 0.00392.